The Balaban J connectivity index is 1.60. The summed E-state index contributed by atoms with van der Waals surface area (Å²) in [5.41, 5.74) is 0.278. The summed E-state index contributed by atoms with van der Waals surface area (Å²) in [5, 5.41) is 9.37. The number of carbonyl (C=O) groups is 1. The predicted octanol–water partition coefficient (Wildman–Crippen LogP) is 3.69. The number of fused-ring (bicyclic) bond motifs is 1. The van der Waals surface area contributed by atoms with Crippen LogP contribution < -0.4 is 10.7 Å². The predicted molar refractivity (Wildman–Crippen MR) is 106 cm³/mol. The van der Waals surface area contributed by atoms with Crippen molar-refractivity contribution in [3.63, 3.8) is 0 Å². The second-order valence-corrected chi connectivity index (χ2v) is 7.45. The van der Waals surface area contributed by atoms with Gasteiger partial charge in [-0.25, -0.2) is 4.39 Å². The number of aromatic nitrogens is 2. The van der Waals surface area contributed by atoms with Gasteiger partial charge < -0.3 is 5.32 Å². The number of rotatable bonds is 4. The van der Waals surface area contributed by atoms with Crippen molar-refractivity contribution in [3.8, 4) is 0 Å². The maximum atomic E-state index is 13.8. The minimum Gasteiger partial charge on any atom is -0.350 e. The van der Waals surface area contributed by atoms with Crippen molar-refractivity contribution in [3.05, 3.63) is 75.8 Å². The molecule has 0 radical (unpaired) electrons. The first kappa shape index (κ1) is 18.3. The number of benzene rings is 2. The molecule has 1 fully saturated rings. The van der Waals surface area contributed by atoms with Gasteiger partial charge in [0, 0.05) is 12.0 Å². The van der Waals surface area contributed by atoms with E-state index in [0.29, 0.717) is 6.54 Å². The van der Waals surface area contributed by atoms with E-state index in [0.717, 1.165) is 25.7 Å². The van der Waals surface area contributed by atoms with Gasteiger partial charge in [-0.15, -0.1) is 0 Å². The Morgan fingerprint density at radius 3 is 2.57 bits per heavy atom. The van der Waals surface area contributed by atoms with Crippen molar-refractivity contribution in [2.24, 2.45) is 0 Å². The number of para-hydroxylation sites is 1. The highest BCUT2D eigenvalue weighted by Gasteiger charge is 2.34. The number of aromatic amines is 1. The Labute approximate surface area is 162 Å². The molecule has 0 spiro atoms. The molecule has 0 aliphatic heterocycles. The largest absolute Gasteiger partial charge is 0.350 e. The number of H-pyrrole nitrogens is 1. The van der Waals surface area contributed by atoms with E-state index in [9.17, 15) is 14.0 Å². The van der Waals surface area contributed by atoms with Crippen LogP contribution in [0.25, 0.3) is 10.9 Å². The van der Waals surface area contributed by atoms with E-state index in [4.69, 9.17) is 0 Å². The summed E-state index contributed by atoms with van der Waals surface area (Å²) in [4.78, 5) is 25.3. The minimum atomic E-state index is -0.570. The summed E-state index contributed by atoms with van der Waals surface area (Å²) in [5.74, 6) is -1.10. The zero-order valence-electron chi connectivity index (χ0n) is 15.5. The van der Waals surface area contributed by atoms with Gasteiger partial charge in [-0.3, -0.25) is 14.7 Å². The van der Waals surface area contributed by atoms with Crippen LogP contribution in [0.2, 0.25) is 0 Å². The number of nitrogens with zero attached hydrogens (tertiary/aromatic N) is 1. The smallest absolute Gasteiger partial charge is 0.275 e. The monoisotopic (exact) mass is 379 g/mol. The molecule has 1 aromatic heterocycles. The van der Waals surface area contributed by atoms with E-state index >= 15 is 0 Å². The van der Waals surface area contributed by atoms with E-state index in [2.05, 4.69) is 27.6 Å². The normalized spacial score (nSPS) is 16.0. The lowest BCUT2D eigenvalue weighted by Gasteiger charge is -2.38. The van der Waals surface area contributed by atoms with Crippen LogP contribution in [0.15, 0.2) is 53.3 Å². The van der Waals surface area contributed by atoms with Gasteiger partial charge in [0.1, 0.15) is 11.3 Å². The molecule has 1 aliphatic carbocycles. The quantitative estimate of drug-likeness (QED) is 0.726. The average molecular weight is 379 g/mol. The molecule has 6 heteroatoms. The Bertz CT molecular complexity index is 1060. The molecule has 28 heavy (non-hydrogen) atoms. The number of nitrogens with one attached hydrogen (secondary N) is 2. The van der Waals surface area contributed by atoms with Crippen molar-refractivity contribution < 1.29 is 9.18 Å². The number of hydrogen-bond donors (Lipinski definition) is 2. The third-order valence-corrected chi connectivity index (χ3v) is 5.75. The van der Waals surface area contributed by atoms with Crippen LogP contribution in [0.1, 0.15) is 48.2 Å². The lowest BCUT2D eigenvalue weighted by atomic mass is 9.69. The standard InChI is InChI=1S/C22H22FN3O2/c23-17-11-7-10-16-18(17)25-26-19(20(16)27)21(28)24-14-22(12-5-2-6-13-22)15-8-3-1-4-9-15/h1,3-4,7-11H,2,5-6,12-14H2,(H,24,28)(H,25,27). The molecule has 0 saturated heterocycles. The van der Waals surface area contributed by atoms with Crippen LogP contribution in [0, 0.1) is 5.82 Å². The number of hydrogen-bond acceptors (Lipinski definition) is 3. The molecule has 4 rings (SSSR count). The molecule has 1 amide bonds. The Kier molecular flexibility index (Phi) is 4.94. The molecule has 1 heterocycles. The van der Waals surface area contributed by atoms with Crippen molar-refractivity contribution in [1.29, 1.82) is 0 Å². The van der Waals surface area contributed by atoms with Gasteiger partial charge in [0.25, 0.3) is 5.91 Å². The zero-order chi connectivity index (χ0) is 19.6. The summed E-state index contributed by atoms with van der Waals surface area (Å²) in [6.45, 7) is 0.443. The van der Waals surface area contributed by atoms with Gasteiger partial charge in [0.2, 0.25) is 5.43 Å². The maximum absolute atomic E-state index is 13.8. The summed E-state index contributed by atoms with van der Waals surface area (Å²) in [7, 11) is 0. The maximum Gasteiger partial charge on any atom is 0.275 e. The molecule has 1 saturated carbocycles. The molecule has 144 valence electrons. The minimum absolute atomic E-state index is 0.0112. The van der Waals surface area contributed by atoms with E-state index in [1.54, 1.807) is 0 Å². The van der Waals surface area contributed by atoms with Crippen LogP contribution in [0.3, 0.4) is 0 Å². The molecule has 0 unspecified atom stereocenters. The highest BCUT2D eigenvalue weighted by Crippen LogP contribution is 2.38. The number of halogens is 1. The lowest BCUT2D eigenvalue weighted by molar-refractivity contribution is 0.0929. The molecule has 5 nitrogen and oxygen atoms in total. The topological polar surface area (TPSA) is 74.8 Å². The Morgan fingerprint density at radius 1 is 1.07 bits per heavy atom. The van der Waals surface area contributed by atoms with E-state index in [1.165, 1.54) is 30.2 Å². The van der Waals surface area contributed by atoms with E-state index in [-0.39, 0.29) is 22.0 Å². The van der Waals surface area contributed by atoms with Crippen LogP contribution in [-0.2, 0) is 5.41 Å². The van der Waals surface area contributed by atoms with Crippen LogP contribution >= 0.6 is 0 Å². The average Bonchev–Trinajstić information content (AvgIpc) is 2.74. The third kappa shape index (κ3) is 3.30. The summed E-state index contributed by atoms with van der Waals surface area (Å²) in [6, 6.07) is 14.4. The molecule has 0 atom stereocenters. The summed E-state index contributed by atoms with van der Waals surface area (Å²) in [6.07, 6.45) is 5.39. The Hall–Kier alpha value is -3.02. The van der Waals surface area contributed by atoms with Crippen molar-refractivity contribution >= 4 is 16.8 Å². The van der Waals surface area contributed by atoms with Gasteiger partial charge in [0.15, 0.2) is 5.69 Å². The fourth-order valence-electron chi connectivity index (χ4n) is 4.19. The highest BCUT2D eigenvalue weighted by atomic mass is 19.1. The van der Waals surface area contributed by atoms with Crippen molar-refractivity contribution in [2.45, 2.75) is 37.5 Å². The third-order valence-electron chi connectivity index (χ3n) is 5.75. The van der Waals surface area contributed by atoms with Crippen LogP contribution in [0.4, 0.5) is 4.39 Å². The summed E-state index contributed by atoms with van der Waals surface area (Å²) >= 11 is 0. The van der Waals surface area contributed by atoms with E-state index < -0.39 is 17.2 Å². The van der Waals surface area contributed by atoms with Crippen LogP contribution in [-0.4, -0.2) is 22.6 Å². The first-order valence-electron chi connectivity index (χ1n) is 9.61. The SMILES string of the molecule is O=C(NCC1(c2ccccc2)CCCCC1)c1n[nH]c2c(F)cccc2c1=O. The van der Waals surface area contributed by atoms with Gasteiger partial charge in [-0.2, -0.15) is 5.10 Å². The van der Waals surface area contributed by atoms with Crippen LogP contribution in [0.5, 0.6) is 0 Å². The van der Waals surface area contributed by atoms with Gasteiger partial charge in [-0.05, 0) is 30.5 Å². The molecule has 3 aromatic rings. The van der Waals surface area contributed by atoms with Crippen molar-refractivity contribution in [2.75, 3.05) is 6.54 Å². The molecule has 0 bridgehead atoms. The number of amides is 1. The second kappa shape index (κ2) is 7.54. The molecule has 1 aliphatic rings. The first-order valence-corrected chi connectivity index (χ1v) is 9.61. The molecular formula is C22H22FN3O2. The second-order valence-electron chi connectivity index (χ2n) is 7.45. The fourth-order valence-corrected chi connectivity index (χ4v) is 4.19. The van der Waals surface area contributed by atoms with Crippen molar-refractivity contribution in [1.82, 2.24) is 15.5 Å². The molecular weight excluding hydrogens is 357 g/mol. The fraction of sp³-hybridized carbons (Fsp3) is 0.318. The van der Waals surface area contributed by atoms with E-state index in [1.807, 2.05) is 18.2 Å². The zero-order valence-corrected chi connectivity index (χ0v) is 15.5. The summed E-state index contributed by atoms with van der Waals surface area (Å²) < 4.78 is 13.8. The van der Waals surface area contributed by atoms with Gasteiger partial charge >= 0.3 is 0 Å². The highest BCUT2D eigenvalue weighted by molar-refractivity contribution is 5.95. The molecule has 2 N–H and O–H groups in total. The Morgan fingerprint density at radius 2 is 1.82 bits per heavy atom. The van der Waals surface area contributed by atoms with Gasteiger partial charge in [0.05, 0.1) is 5.39 Å². The molecule has 2 aromatic carbocycles. The number of carbonyl (C=O) groups excluding carboxylic acids is 1. The first-order chi connectivity index (χ1) is 13.6. The van der Waals surface area contributed by atoms with Gasteiger partial charge in [-0.1, -0.05) is 55.7 Å². The lowest BCUT2D eigenvalue weighted by Crippen LogP contribution is -2.43.